The normalized spacial score (nSPS) is 10.6. The molecule has 0 heterocycles. The first-order valence-corrected chi connectivity index (χ1v) is 8.36. The lowest BCUT2D eigenvalue weighted by molar-refractivity contribution is -0.117. The SMILES string of the molecule is C=CCOc1ccc(CN(C)CC(=O)Nc2ccc(C)c(C)c2)cc1. The molecule has 1 amide bonds. The minimum absolute atomic E-state index is 0.0170. The quantitative estimate of drug-likeness (QED) is 0.741. The van der Waals surface area contributed by atoms with Crippen LogP contribution in [0.1, 0.15) is 16.7 Å². The van der Waals surface area contributed by atoms with Gasteiger partial charge in [-0.1, -0.05) is 30.9 Å². The summed E-state index contributed by atoms with van der Waals surface area (Å²) in [5, 5.41) is 2.95. The molecule has 0 unspecified atom stereocenters. The Kier molecular flexibility index (Phi) is 6.78. The van der Waals surface area contributed by atoms with Gasteiger partial charge in [0.05, 0.1) is 6.54 Å². The van der Waals surface area contributed by atoms with Crippen LogP contribution in [0, 0.1) is 13.8 Å². The van der Waals surface area contributed by atoms with Crippen LogP contribution >= 0.6 is 0 Å². The van der Waals surface area contributed by atoms with Crippen LogP contribution in [0.2, 0.25) is 0 Å². The topological polar surface area (TPSA) is 41.6 Å². The van der Waals surface area contributed by atoms with Crippen molar-refractivity contribution >= 4 is 11.6 Å². The van der Waals surface area contributed by atoms with Crippen molar-refractivity contribution in [2.45, 2.75) is 20.4 Å². The highest BCUT2D eigenvalue weighted by atomic mass is 16.5. The molecule has 1 N–H and O–H groups in total. The molecule has 0 radical (unpaired) electrons. The molecule has 4 nitrogen and oxygen atoms in total. The second-order valence-corrected chi connectivity index (χ2v) is 6.26. The predicted molar refractivity (Wildman–Crippen MR) is 103 cm³/mol. The fourth-order valence-corrected chi connectivity index (χ4v) is 2.48. The highest BCUT2D eigenvalue weighted by molar-refractivity contribution is 5.92. The van der Waals surface area contributed by atoms with Gasteiger partial charge in [0.25, 0.3) is 0 Å². The number of hydrogen-bond acceptors (Lipinski definition) is 3. The number of benzene rings is 2. The highest BCUT2D eigenvalue weighted by Gasteiger charge is 2.08. The van der Waals surface area contributed by atoms with Gasteiger partial charge >= 0.3 is 0 Å². The van der Waals surface area contributed by atoms with E-state index in [1.165, 1.54) is 11.1 Å². The third-order valence-corrected chi connectivity index (χ3v) is 3.95. The number of amides is 1. The molecule has 0 spiro atoms. The number of ether oxygens (including phenoxy) is 1. The molecule has 0 bridgehead atoms. The lowest BCUT2D eigenvalue weighted by Crippen LogP contribution is -2.29. The number of aryl methyl sites for hydroxylation is 2. The van der Waals surface area contributed by atoms with Crippen LogP contribution in [0.25, 0.3) is 0 Å². The van der Waals surface area contributed by atoms with E-state index in [2.05, 4.69) is 18.8 Å². The molecule has 0 aliphatic heterocycles. The number of nitrogens with one attached hydrogen (secondary N) is 1. The Hall–Kier alpha value is -2.59. The van der Waals surface area contributed by atoms with Gasteiger partial charge in [0.2, 0.25) is 5.91 Å². The summed E-state index contributed by atoms with van der Waals surface area (Å²) >= 11 is 0. The second-order valence-electron chi connectivity index (χ2n) is 6.26. The minimum atomic E-state index is -0.0170. The molecule has 25 heavy (non-hydrogen) atoms. The van der Waals surface area contributed by atoms with Crippen molar-refractivity contribution in [2.75, 3.05) is 25.5 Å². The van der Waals surface area contributed by atoms with Crippen molar-refractivity contribution in [2.24, 2.45) is 0 Å². The average molecular weight is 338 g/mol. The summed E-state index contributed by atoms with van der Waals surface area (Å²) in [7, 11) is 1.93. The summed E-state index contributed by atoms with van der Waals surface area (Å²) < 4.78 is 5.47. The molecule has 132 valence electrons. The van der Waals surface area contributed by atoms with Crippen molar-refractivity contribution in [3.05, 3.63) is 71.8 Å². The maximum atomic E-state index is 12.2. The van der Waals surface area contributed by atoms with Gasteiger partial charge in [0, 0.05) is 12.2 Å². The summed E-state index contributed by atoms with van der Waals surface area (Å²) in [6.07, 6.45) is 1.72. The first-order valence-electron chi connectivity index (χ1n) is 8.36. The van der Waals surface area contributed by atoms with Crippen LogP contribution in [0.4, 0.5) is 5.69 Å². The summed E-state index contributed by atoms with van der Waals surface area (Å²) in [6.45, 7) is 9.26. The van der Waals surface area contributed by atoms with E-state index in [0.717, 1.165) is 17.0 Å². The largest absolute Gasteiger partial charge is 0.490 e. The predicted octanol–water partition coefficient (Wildman–Crippen LogP) is 3.94. The van der Waals surface area contributed by atoms with Crippen LogP contribution in [-0.4, -0.2) is 31.0 Å². The van der Waals surface area contributed by atoms with Crippen LogP contribution in [0.15, 0.2) is 55.1 Å². The van der Waals surface area contributed by atoms with E-state index in [1.807, 2.05) is 61.3 Å². The molecule has 2 aromatic carbocycles. The van der Waals surface area contributed by atoms with E-state index in [9.17, 15) is 4.79 Å². The Labute approximate surface area is 150 Å². The number of likely N-dealkylation sites (N-methyl/N-ethyl adjacent to an activating group) is 1. The zero-order chi connectivity index (χ0) is 18.2. The smallest absolute Gasteiger partial charge is 0.238 e. The van der Waals surface area contributed by atoms with Crippen molar-refractivity contribution < 1.29 is 9.53 Å². The molecule has 2 rings (SSSR count). The number of hydrogen-bond donors (Lipinski definition) is 1. The molecule has 0 saturated carbocycles. The molecule has 4 heteroatoms. The highest BCUT2D eigenvalue weighted by Crippen LogP contribution is 2.15. The molecule has 0 atom stereocenters. The average Bonchev–Trinajstić information content (AvgIpc) is 2.57. The van der Waals surface area contributed by atoms with E-state index in [-0.39, 0.29) is 5.91 Å². The van der Waals surface area contributed by atoms with E-state index in [0.29, 0.717) is 19.7 Å². The number of carbonyl (C=O) groups is 1. The molecule has 0 aliphatic rings. The van der Waals surface area contributed by atoms with E-state index in [4.69, 9.17) is 4.74 Å². The lowest BCUT2D eigenvalue weighted by Gasteiger charge is -2.17. The summed E-state index contributed by atoms with van der Waals surface area (Å²) in [6, 6.07) is 13.8. The van der Waals surface area contributed by atoms with Crippen molar-refractivity contribution in [1.29, 1.82) is 0 Å². The molecule has 0 aromatic heterocycles. The van der Waals surface area contributed by atoms with Gasteiger partial charge < -0.3 is 10.1 Å². The van der Waals surface area contributed by atoms with Crippen molar-refractivity contribution in [3.8, 4) is 5.75 Å². The number of carbonyl (C=O) groups excluding carboxylic acids is 1. The molecular formula is C21H26N2O2. The zero-order valence-electron chi connectivity index (χ0n) is 15.2. The van der Waals surface area contributed by atoms with Crippen LogP contribution in [-0.2, 0) is 11.3 Å². The molecule has 0 fully saturated rings. The number of rotatable bonds is 8. The molecular weight excluding hydrogens is 312 g/mol. The Morgan fingerprint density at radius 1 is 1.16 bits per heavy atom. The van der Waals surface area contributed by atoms with Crippen LogP contribution in [0.5, 0.6) is 5.75 Å². The summed E-state index contributed by atoms with van der Waals surface area (Å²) in [5.41, 5.74) is 4.36. The maximum Gasteiger partial charge on any atom is 0.238 e. The molecule has 2 aromatic rings. The van der Waals surface area contributed by atoms with Crippen molar-refractivity contribution in [1.82, 2.24) is 4.90 Å². The molecule has 0 aliphatic carbocycles. The van der Waals surface area contributed by atoms with E-state index in [1.54, 1.807) is 6.08 Å². The zero-order valence-corrected chi connectivity index (χ0v) is 15.2. The Morgan fingerprint density at radius 2 is 1.88 bits per heavy atom. The van der Waals surface area contributed by atoms with Gasteiger partial charge in [0.15, 0.2) is 0 Å². The van der Waals surface area contributed by atoms with Gasteiger partial charge in [-0.25, -0.2) is 0 Å². The Bertz CT molecular complexity index is 723. The standard InChI is InChI=1S/C21H26N2O2/c1-5-12-25-20-10-7-18(8-11-20)14-23(4)15-21(24)22-19-9-6-16(2)17(3)13-19/h5-11,13H,1,12,14-15H2,2-4H3,(H,22,24). The van der Waals surface area contributed by atoms with Gasteiger partial charge in [0.1, 0.15) is 12.4 Å². The number of nitrogens with zero attached hydrogens (tertiary/aromatic N) is 1. The Morgan fingerprint density at radius 3 is 2.52 bits per heavy atom. The Balaban J connectivity index is 1.84. The van der Waals surface area contributed by atoms with Gasteiger partial charge in [-0.3, -0.25) is 9.69 Å². The fraction of sp³-hybridized carbons (Fsp3) is 0.286. The van der Waals surface area contributed by atoms with Gasteiger partial charge in [-0.2, -0.15) is 0 Å². The fourth-order valence-electron chi connectivity index (χ4n) is 2.48. The van der Waals surface area contributed by atoms with Crippen LogP contribution < -0.4 is 10.1 Å². The van der Waals surface area contributed by atoms with E-state index < -0.39 is 0 Å². The third-order valence-electron chi connectivity index (χ3n) is 3.95. The molecule has 0 saturated heterocycles. The van der Waals surface area contributed by atoms with Gasteiger partial charge in [-0.15, -0.1) is 0 Å². The lowest BCUT2D eigenvalue weighted by atomic mass is 10.1. The van der Waals surface area contributed by atoms with E-state index >= 15 is 0 Å². The van der Waals surface area contributed by atoms with Crippen molar-refractivity contribution in [3.63, 3.8) is 0 Å². The summed E-state index contributed by atoms with van der Waals surface area (Å²) in [5.74, 6) is 0.801. The summed E-state index contributed by atoms with van der Waals surface area (Å²) in [4.78, 5) is 14.2. The second kappa shape index (κ2) is 9.04. The minimum Gasteiger partial charge on any atom is -0.490 e. The van der Waals surface area contributed by atoms with Crippen LogP contribution in [0.3, 0.4) is 0 Å². The first-order chi connectivity index (χ1) is 12.0. The number of anilines is 1. The first kappa shape index (κ1) is 18.7. The maximum absolute atomic E-state index is 12.2. The monoisotopic (exact) mass is 338 g/mol. The third kappa shape index (κ3) is 6.08. The van der Waals surface area contributed by atoms with Gasteiger partial charge in [-0.05, 0) is 61.9 Å².